The SMILES string of the molecule is NC1(c2c(O)cc(F)cc2F)CCC1. The Bertz CT molecular complexity index is 351. The first kappa shape index (κ1) is 9.40. The van der Waals surface area contributed by atoms with Gasteiger partial charge in [-0.3, -0.25) is 0 Å². The lowest BCUT2D eigenvalue weighted by molar-refractivity contribution is 0.236. The standard InChI is InChI=1S/C10H11F2NO/c11-6-4-7(12)9(8(14)5-6)10(13)2-1-3-10/h4-5,14H,1-3,13H2. The highest BCUT2D eigenvalue weighted by molar-refractivity contribution is 5.40. The predicted octanol–water partition coefficient (Wildman–Crippen LogP) is 2.01. The zero-order valence-electron chi connectivity index (χ0n) is 7.56. The van der Waals surface area contributed by atoms with Gasteiger partial charge in [-0.15, -0.1) is 0 Å². The summed E-state index contributed by atoms with van der Waals surface area (Å²) in [5.41, 5.74) is 5.10. The first-order valence-electron chi connectivity index (χ1n) is 4.50. The minimum absolute atomic E-state index is 0.0464. The number of aromatic hydroxyl groups is 1. The molecule has 1 fully saturated rings. The first-order chi connectivity index (χ1) is 6.53. The van der Waals surface area contributed by atoms with Gasteiger partial charge >= 0.3 is 0 Å². The molecule has 2 rings (SSSR count). The van der Waals surface area contributed by atoms with E-state index in [0.717, 1.165) is 18.6 Å². The average molecular weight is 199 g/mol. The Morgan fingerprint density at radius 3 is 2.36 bits per heavy atom. The van der Waals surface area contributed by atoms with Crippen LogP contribution in [-0.4, -0.2) is 5.11 Å². The summed E-state index contributed by atoms with van der Waals surface area (Å²) in [6.07, 6.45) is 2.17. The smallest absolute Gasteiger partial charge is 0.134 e. The summed E-state index contributed by atoms with van der Waals surface area (Å²) in [6, 6.07) is 1.65. The normalized spacial score (nSPS) is 19.1. The molecule has 3 N–H and O–H groups in total. The monoisotopic (exact) mass is 199 g/mol. The van der Waals surface area contributed by atoms with Gasteiger partial charge in [-0.05, 0) is 19.3 Å². The summed E-state index contributed by atoms with van der Waals surface area (Å²) in [5, 5.41) is 9.41. The Labute approximate surface area is 80.4 Å². The molecule has 1 aliphatic rings. The molecule has 0 unspecified atom stereocenters. The van der Waals surface area contributed by atoms with Crippen molar-refractivity contribution in [1.29, 1.82) is 0 Å². The summed E-state index contributed by atoms with van der Waals surface area (Å²) >= 11 is 0. The Kier molecular flexibility index (Phi) is 1.96. The van der Waals surface area contributed by atoms with Crippen molar-refractivity contribution in [2.24, 2.45) is 5.73 Å². The molecule has 0 aromatic heterocycles. The van der Waals surface area contributed by atoms with Crippen molar-refractivity contribution in [2.75, 3.05) is 0 Å². The quantitative estimate of drug-likeness (QED) is 0.726. The fourth-order valence-electron chi connectivity index (χ4n) is 1.86. The molecule has 0 spiro atoms. The number of phenolic OH excluding ortho intramolecular Hbond substituents is 1. The van der Waals surface area contributed by atoms with E-state index in [4.69, 9.17) is 5.73 Å². The van der Waals surface area contributed by atoms with Crippen LogP contribution in [-0.2, 0) is 5.54 Å². The highest BCUT2D eigenvalue weighted by atomic mass is 19.1. The van der Waals surface area contributed by atoms with Crippen molar-refractivity contribution >= 4 is 0 Å². The lowest BCUT2D eigenvalue weighted by atomic mass is 9.72. The third kappa shape index (κ3) is 1.26. The van der Waals surface area contributed by atoms with Crippen molar-refractivity contribution in [3.63, 3.8) is 0 Å². The van der Waals surface area contributed by atoms with E-state index in [9.17, 15) is 13.9 Å². The molecule has 1 saturated carbocycles. The van der Waals surface area contributed by atoms with Gasteiger partial charge in [-0.25, -0.2) is 8.78 Å². The van der Waals surface area contributed by atoms with Gasteiger partial charge in [0.2, 0.25) is 0 Å². The van der Waals surface area contributed by atoms with E-state index >= 15 is 0 Å². The second kappa shape index (κ2) is 2.92. The molecule has 4 heteroatoms. The summed E-state index contributed by atoms with van der Waals surface area (Å²) < 4.78 is 26.0. The lowest BCUT2D eigenvalue weighted by Gasteiger charge is -2.38. The Morgan fingerprint density at radius 1 is 1.29 bits per heavy atom. The molecule has 0 amide bonds. The Morgan fingerprint density at radius 2 is 1.93 bits per heavy atom. The minimum Gasteiger partial charge on any atom is -0.507 e. The zero-order chi connectivity index (χ0) is 10.3. The van der Waals surface area contributed by atoms with Gasteiger partial charge in [-0.2, -0.15) is 0 Å². The van der Waals surface area contributed by atoms with Gasteiger partial charge in [0.15, 0.2) is 0 Å². The van der Waals surface area contributed by atoms with Crippen molar-refractivity contribution < 1.29 is 13.9 Å². The molecule has 1 aliphatic carbocycles. The van der Waals surface area contributed by atoms with E-state index in [-0.39, 0.29) is 11.3 Å². The molecule has 2 nitrogen and oxygen atoms in total. The van der Waals surface area contributed by atoms with Crippen LogP contribution >= 0.6 is 0 Å². The van der Waals surface area contributed by atoms with Crippen LogP contribution in [0, 0.1) is 11.6 Å². The van der Waals surface area contributed by atoms with Gasteiger partial charge < -0.3 is 10.8 Å². The van der Waals surface area contributed by atoms with E-state index in [1.54, 1.807) is 0 Å². The van der Waals surface area contributed by atoms with Crippen LogP contribution in [0.4, 0.5) is 8.78 Å². The molecule has 0 bridgehead atoms. The van der Waals surface area contributed by atoms with Gasteiger partial charge in [0.1, 0.15) is 17.4 Å². The molecule has 1 aromatic carbocycles. The van der Waals surface area contributed by atoms with E-state index in [2.05, 4.69) is 0 Å². The molecule has 1 aromatic rings. The van der Waals surface area contributed by atoms with Gasteiger partial charge in [0, 0.05) is 23.2 Å². The molecule has 76 valence electrons. The predicted molar refractivity (Wildman–Crippen MR) is 47.7 cm³/mol. The highest BCUT2D eigenvalue weighted by Gasteiger charge is 2.39. The number of hydrogen-bond acceptors (Lipinski definition) is 2. The van der Waals surface area contributed by atoms with Crippen LogP contribution in [0.1, 0.15) is 24.8 Å². The number of benzene rings is 1. The Balaban J connectivity index is 2.52. The largest absolute Gasteiger partial charge is 0.507 e. The fraction of sp³-hybridized carbons (Fsp3) is 0.400. The van der Waals surface area contributed by atoms with Crippen LogP contribution in [0.15, 0.2) is 12.1 Å². The maximum Gasteiger partial charge on any atom is 0.134 e. The summed E-state index contributed by atoms with van der Waals surface area (Å²) in [5.74, 6) is -1.93. The number of halogens is 2. The maximum absolute atomic E-state index is 13.3. The topological polar surface area (TPSA) is 46.2 Å². The molecule has 0 atom stereocenters. The van der Waals surface area contributed by atoms with Crippen LogP contribution < -0.4 is 5.73 Å². The molecular formula is C10H11F2NO. The summed E-state index contributed by atoms with van der Waals surface area (Å²) in [6.45, 7) is 0. The molecule has 0 aliphatic heterocycles. The van der Waals surface area contributed by atoms with Crippen molar-refractivity contribution in [1.82, 2.24) is 0 Å². The van der Waals surface area contributed by atoms with Crippen LogP contribution in [0.5, 0.6) is 5.75 Å². The number of hydrogen-bond donors (Lipinski definition) is 2. The third-order valence-corrected chi connectivity index (χ3v) is 2.78. The molecule has 14 heavy (non-hydrogen) atoms. The summed E-state index contributed by atoms with van der Waals surface area (Å²) in [7, 11) is 0. The average Bonchev–Trinajstić information content (AvgIpc) is 1.99. The van der Waals surface area contributed by atoms with Crippen molar-refractivity contribution in [3.8, 4) is 5.75 Å². The highest BCUT2D eigenvalue weighted by Crippen LogP contribution is 2.43. The minimum atomic E-state index is -0.804. The second-order valence-electron chi connectivity index (χ2n) is 3.79. The van der Waals surface area contributed by atoms with Crippen LogP contribution in [0.2, 0.25) is 0 Å². The lowest BCUT2D eigenvalue weighted by Crippen LogP contribution is -2.44. The molecule has 0 heterocycles. The van der Waals surface area contributed by atoms with Crippen molar-refractivity contribution in [3.05, 3.63) is 29.3 Å². The molecular weight excluding hydrogens is 188 g/mol. The van der Waals surface area contributed by atoms with E-state index in [1.807, 2.05) is 0 Å². The molecule has 0 saturated heterocycles. The number of phenols is 1. The van der Waals surface area contributed by atoms with E-state index in [1.165, 1.54) is 0 Å². The maximum atomic E-state index is 13.3. The van der Waals surface area contributed by atoms with Gasteiger partial charge in [-0.1, -0.05) is 0 Å². The van der Waals surface area contributed by atoms with Gasteiger partial charge in [0.25, 0.3) is 0 Å². The molecule has 0 radical (unpaired) electrons. The summed E-state index contributed by atoms with van der Waals surface area (Å²) in [4.78, 5) is 0. The first-order valence-corrected chi connectivity index (χ1v) is 4.50. The van der Waals surface area contributed by atoms with E-state index in [0.29, 0.717) is 12.8 Å². The van der Waals surface area contributed by atoms with Crippen LogP contribution in [0.25, 0.3) is 0 Å². The van der Waals surface area contributed by atoms with Gasteiger partial charge in [0.05, 0.1) is 0 Å². The number of rotatable bonds is 1. The zero-order valence-corrected chi connectivity index (χ0v) is 7.56. The second-order valence-corrected chi connectivity index (χ2v) is 3.79. The van der Waals surface area contributed by atoms with Crippen molar-refractivity contribution in [2.45, 2.75) is 24.8 Å². The number of nitrogens with two attached hydrogens (primary N) is 1. The van der Waals surface area contributed by atoms with E-state index < -0.39 is 17.2 Å². The Hall–Kier alpha value is -1.16. The van der Waals surface area contributed by atoms with Crippen LogP contribution in [0.3, 0.4) is 0 Å². The fourth-order valence-corrected chi connectivity index (χ4v) is 1.86. The third-order valence-electron chi connectivity index (χ3n) is 2.78.